The van der Waals surface area contributed by atoms with Gasteiger partial charge in [0, 0.05) is 32.7 Å². The van der Waals surface area contributed by atoms with Crippen molar-refractivity contribution in [2.45, 2.75) is 19.5 Å². The molecule has 0 atom stereocenters. The van der Waals surface area contributed by atoms with Crippen LogP contribution in [0.25, 0.3) is 0 Å². The van der Waals surface area contributed by atoms with Crippen molar-refractivity contribution in [3.63, 3.8) is 0 Å². The summed E-state index contributed by atoms with van der Waals surface area (Å²) in [6.07, 6.45) is -1.61. The minimum absolute atomic E-state index is 0.151. The topological polar surface area (TPSA) is 90.0 Å². The number of nitrogens with zero attached hydrogens (tertiary/aromatic N) is 2. The predicted molar refractivity (Wildman–Crippen MR) is 63.3 cm³/mol. The monoisotopic (exact) mass is 283 g/mol. The first kappa shape index (κ1) is 15.1. The molecule has 7 nitrogen and oxygen atoms in total. The van der Waals surface area contributed by atoms with Crippen LogP contribution < -0.4 is 4.72 Å². The molecule has 9 heteroatoms. The zero-order valence-corrected chi connectivity index (χ0v) is 11.2. The van der Waals surface area contributed by atoms with Gasteiger partial charge in [0.2, 0.25) is 0 Å². The predicted octanol–water partition coefficient (Wildman–Crippen LogP) is -0.135. The molecule has 0 radical (unpaired) electrons. The zero-order chi connectivity index (χ0) is 14.0. The van der Waals surface area contributed by atoms with E-state index in [1.54, 1.807) is 0 Å². The summed E-state index contributed by atoms with van der Waals surface area (Å²) in [5, 5.41) is 8.41. The Labute approximate surface area is 106 Å². The van der Waals surface area contributed by atoms with Crippen molar-refractivity contribution in [3.8, 4) is 0 Å². The van der Waals surface area contributed by atoms with E-state index in [0.717, 1.165) is 4.31 Å². The molecule has 0 spiro atoms. The molecule has 1 fully saturated rings. The number of piperazine rings is 1. The van der Waals surface area contributed by atoms with Crippen molar-refractivity contribution in [1.29, 1.82) is 0 Å². The molecule has 0 bridgehead atoms. The molecule has 0 saturated carbocycles. The van der Waals surface area contributed by atoms with Gasteiger partial charge in [0.25, 0.3) is 0 Å². The number of amides is 1. The molecular weight excluding hydrogens is 265 g/mol. The van der Waals surface area contributed by atoms with Crippen molar-refractivity contribution >= 4 is 16.3 Å². The Hall–Kier alpha value is -0.930. The van der Waals surface area contributed by atoms with E-state index in [1.807, 2.05) is 4.90 Å². The van der Waals surface area contributed by atoms with E-state index >= 15 is 0 Å². The maximum Gasteiger partial charge on any atom is 0.419 e. The molecule has 0 unspecified atom stereocenters. The summed E-state index contributed by atoms with van der Waals surface area (Å²) in [6.45, 7) is 4.22. The molecule has 0 aromatic carbocycles. The molecule has 2 N–H and O–H groups in total. The molecule has 1 aliphatic rings. The fourth-order valence-corrected chi connectivity index (χ4v) is 2.83. The second kappa shape index (κ2) is 5.37. The largest absolute Gasteiger partial charge is 0.464 e. The van der Waals surface area contributed by atoms with Gasteiger partial charge in [-0.1, -0.05) is 0 Å². The zero-order valence-electron chi connectivity index (χ0n) is 10.4. The Morgan fingerprint density at radius 1 is 1.33 bits per heavy atom. The highest BCUT2D eigenvalue weighted by atomic mass is 32.2. The summed E-state index contributed by atoms with van der Waals surface area (Å²) < 4.78 is 39.0. The molecular formula is C9H18FN3O4S. The highest BCUT2D eigenvalue weighted by Gasteiger charge is 2.30. The highest BCUT2D eigenvalue weighted by molar-refractivity contribution is 7.87. The average molecular weight is 283 g/mol. The van der Waals surface area contributed by atoms with Crippen molar-refractivity contribution in [2.75, 3.05) is 32.7 Å². The fraction of sp³-hybridized carbons (Fsp3) is 0.889. The van der Waals surface area contributed by atoms with Crippen LogP contribution in [0.3, 0.4) is 0 Å². The molecule has 0 aromatic heterocycles. The van der Waals surface area contributed by atoms with Crippen molar-refractivity contribution in [2.24, 2.45) is 0 Å². The maximum absolute atomic E-state index is 13.4. The molecule has 1 amide bonds. The lowest BCUT2D eigenvalue weighted by Gasteiger charge is -2.35. The van der Waals surface area contributed by atoms with Gasteiger partial charge in [-0.3, -0.25) is 4.90 Å². The van der Waals surface area contributed by atoms with E-state index in [2.05, 4.69) is 0 Å². The first-order valence-electron chi connectivity index (χ1n) is 5.52. The highest BCUT2D eigenvalue weighted by Crippen LogP contribution is 2.13. The van der Waals surface area contributed by atoms with Gasteiger partial charge in [0.15, 0.2) is 0 Å². The Kier molecular flexibility index (Phi) is 4.51. The summed E-state index contributed by atoms with van der Waals surface area (Å²) in [5.74, 6) is 0. The van der Waals surface area contributed by atoms with Gasteiger partial charge >= 0.3 is 16.3 Å². The number of hydrogen-bond donors (Lipinski definition) is 2. The standard InChI is InChI=1S/C9H18FN3O4S/c1-9(2,10)7-12-3-5-13(6-4-12)18(16,17)11-8(14)15/h11H,3-7H2,1-2H3,(H,14,15). The number of nitrogens with one attached hydrogen (secondary N) is 1. The van der Waals surface area contributed by atoms with Crippen LogP contribution in [0.2, 0.25) is 0 Å². The summed E-state index contributed by atoms with van der Waals surface area (Å²) >= 11 is 0. The van der Waals surface area contributed by atoms with Crippen LogP contribution in [0.15, 0.2) is 0 Å². The lowest BCUT2D eigenvalue weighted by Crippen LogP contribution is -2.54. The molecule has 0 aliphatic carbocycles. The number of hydrogen-bond acceptors (Lipinski definition) is 4. The third kappa shape index (κ3) is 4.75. The number of carbonyl (C=O) groups is 1. The average Bonchev–Trinajstić information content (AvgIpc) is 2.13. The van der Waals surface area contributed by atoms with Crippen molar-refractivity contribution < 1.29 is 22.7 Å². The molecule has 0 aromatic rings. The SMILES string of the molecule is CC(C)(F)CN1CCN(S(=O)(=O)NC(=O)O)CC1. The van der Waals surface area contributed by atoms with Crippen LogP contribution in [0.5, 0.6) is 0 Å². The van der Waals surface area contributed by atoms with Gasteiger partial charge in [-0.15, -0.1) is 0 Å². The van der Waals surface area contributed by atoms with Gasteiger partial charge in [-0.2, -0.15) is 12.7 Å². The lowest BCUT2D eigenvalue weighted by molar-refractivity contribution is 0.0988. The van der Waals surface area contributed by atoms with Gasteiger partial charge in [-0.05, 0) is 13.8 Å². The minimum Gasteiger partial charge on any atom is -0.464 e. The van der Waals surface area contributed by atoms with E-state index in [1.165, 1.54) is 18.6 Å². The molecule has 1 saturated heterocycles. The van der Waals surface area contributed by atoms with Crippen molar-refractivity contribution in [1.82, 2.24) is 13.9 Å². The third-order valence-electron chi connectivity index (χ3n) is 2.49. The Morgan fingerprint density at radius 3 is 2.22 bits per heavy atom. The van der Waals surface area contributed by atoms with E-state index in [4.69, 9.17) is 5.11 Å². The first-order valence-corrected chi connectivity index (χ1v) is 6.96. The third-order valence-corrected chi connectivity index (χ3v) is 3.96. The summed E-state index contributed by atoms with van der Waals surface area (Å²) in [4.78, 5) is 12.1. The first-order chi connectivity index (χ1) is 8.10. The number of alkyl halides is 1. The number of halogens is 1. The Bertz CT molecular complexity index is 399. The van der Waals surface area contributed by atoms with E-state index < -0.39 is 22.0 Å². The van der Waals surface area contributed by atoms with Crippen LogP contribution in [-0.4, -0.2) is 67.2 Å². The van der Waals surface area contributed by atoms with Crippen LogP contribution in [0.4, 0.5) is 9.18 Å². The Balaban J connectivity index is 2.51. The van der Waals surface area contributed by atoms with Gasteiger partial charge in [0.05, 0.1) is 0 Å². The van der Waals surface area contributed by atoms with Crippen LogP contribution >= 0.6 is 0 Å². The maximum atomic E-state index is 13.4. The molecule has 18 heavy (non-hydrogen) atoms. The molecule has 1 rings (SSSR count). The summed E-state index contributed by atoms with van der Waals surface area (Å²) in [5.41, 5.74) is -1.33. The Morgan fingerprint density at radius 2 is 1.83 bits per heavy atom. The second-order valence-electron chi connectivity index (χ2n) is 4.81. The van der Waals surface area contributed by atoms with E-state index in [9.17, 15) is 17.6 Å². The quantitative estimate of drug-likeness (QED) is 0.750. The van der Waals surface area contributed by atoms with Gasteiger partial charge < -0.3 is 5.11 Å². The molecule has 106 valence electrons. The van der Waals surface area contributed by atoms with Gasteiger partial charge in [0.1, 0.15) is 5.67 Å². The van der Waals surface area contributed by atoms with Crippen molar-refractivity contribution in [3.05, 3.63) is 0 Å². The molecule has 1 aliphatic heterocycles. The van der Waals surface area contributed by atoms with Crippen LogP contribution in [0.1, 0.15) is 13.8 Å². The second-order valence-corrected chi connectivity index (χ2v) is 6.48. The van der Waals surface area contributed by atoms with Crippen LogP contribution in [0, 0.1) is 0 Å². The normalized spacial score (nSPS) is 19.7. The lowest BCUT2D eigenvalue weighted by atomic mass is 10.1. The van der Waals surface area contributed by atoms with E-state index in [0.29, 0.717) is 13.1 Å². The number of rotatable bonds is 4. The van der Waals surface area contributed by atoms with Gasteiger partial charge in [-0.25, -0.2) is 13.9 Å². The smallest absolute Gasteiger partial charge is 0.419 e. The number of carboxylic acid groups (broad SMARTS) is 1. The van der Waals surface area contributed by atoms with E-state index in [-0.39, 0.29) is 19.6 Å². The summed E-state index contributed by atoms with van der Waals surface area (Å²) in [6, 6.07) is 0. The fourth-order valence-electron chi connectivity index (χ4n) is 1.83. The minimum atomic E-state index is -3.99. The summed E-state index contributed by atoms with van der Waals surface area (Å²) in [7, 11) is -3.99. The molecule has 1 heterocycles. The van der Waals surface area contributed by atoms with Crippen LogP contribution in [-0.2, 0) is 10.2 Å².